The molecule has 1 amide bonds. The zero-order valence-corrected chi connectivity index (χ0v) is 19.6. The maximum absolute atomic E-state index is 12.6. The molecule has 9 nitrogen and oxygen atoms in total. The van der Waals surface area contributed by atoms with Crippen molar-refractivity contribution in [1.29, 1.82) is 5.26 Å². The molecule has 1 aromatic heterocycles. The summed E-state index contributed by atoms with van der Waals surface area (Å²) in [5.41, 5.74) is 2.95. The van der Waals surface area contributed by atoms with E-state index in [-0.39, 0.29) is 37.5 Å². The molecule has 1 spiro atoms. The molecule has 0 saturated carbocycles. The maximum atomic E-state index is 12.6. The molecule has 1 fully saturated rings. The number of ether oxygens (including phenoxy) is 1. The smallest absolute Gasteiger partial charge is 0.258 e. The molecule has 0 radical (unpaired) electrons. The van der Waals surface area contributed by atoms with Crippen LogP contribution < -0.4 is 4.74 Å². The third-order valence-electron chi connectivity index (χ3n) is 6.83. The molecule has 180 valence electrons. The Morgan fingerprint density at radius 3 is 2.91 bits per heavy atom. The monoisotopic (exact) mass is 474 g/mol. The van der Waals surface area contributed by atoms with Gasteiger partial charge in [0.2, 0.25) is 11.7 Å². The zero-order chi connectivity index (χ0) is 24.7. The van der Waals surface area contributed by atoms with Gasteiger partial charge in [-0.2, -0.15) is 10.2 Å². The number of benzene rings is 2. The van der Waals surface area contributed by atoms with Crippen LogP contribution in [0.5, 0.6) is 5.75 Å². The molecule has 1 saturated heterocycles. The number of carbonyl (C=O) groups is 1. The molecule has 2 aliphatic rings. The van der Waals surface area contributed by atoms with E-state index in [1.165, 1.54) is 4.90 Å². The molecule has 1 aliphatic heterocycles. The lowest BCUT2D eigenvalue weighted by atomic mass is 9.79. The fourth-order valence-electron chi connectivity index (χ4n) is 5.28. The summed E-state index contributed by atoms with van der Waals surface area (Å²) in [4.78, 5) is 18.5. The molecule has 2 heterocycles. The standard InChI is InChI=1S/C26H26N4O5/c1-15(2)34-21-7-6-16(12-17(21)14-27)24-28-23(29-35-24)19-4-3-5-20-18(19)8-9-26(20)13-22(32)30(10-11-31)25(26)33/h3-7,12,15,25,31,33H,8-11,13H2,1-2H3/t25?,26-/m1/s1. The van der Waals surface area contributed by atoms with Crippen molar-refractivity contribution in [3.05, 3.63) is 53.1 Å². The molecule has 2 aromatic carbocycles. The molecule has 2 atom stereocenters. The summed E-state index contributed by atoms with van der Waals surface area (Å²) in [6.45, 7) is 3.70. The van der Waals surface area contributed by atoms with Gasteiger partial charge >= 0.3 is 0 Å². The number of hydrogen-bond donors (Lipinski definition) is 2. The van der Waals surface area contributed by atoms with E-state index in [0.29, 0.717) is 35.5 Å². The van der Waals surface area contributed by atoms with E-state index in [1.807, 2.05) is 32.0 Å². The van der Waals surface area contributed by atoms with E-state index in [2.05, 4.69) is 16.2 Å². The largest absolute Gasteiger partial charge is 0.490 e. The number of nitriles is 1. The number of rotatable bonds is 6. The second kappa shape index (κ2) is 8.80. The lowest BCUT2D eigenvalue weighted by Gasteiger charge is -2.31. The van der Waals surface area contributed by atoms with Gasteiger partial charge in [-0.1, -0.05) is 23.4 Å². The van der Waals surface area contributed by atoms with E-state index in [9.17, 15) is 20.3 Å². The highest BCUT2D eigenvalue weighted by atomic mass is 16.5. The van der Waals surface area contributed by atoms with Crippen LogP contribution in [0.25, 0.3) is 22.8 Å². The van der Waals surface area contributed by atoms with E-state index in [1.54, 1.807) is 18.2 Å². The number of nitrogens with zero attached hydrogens (tertiary/aromatic N) is 4. The minimum Gasteiger partial charge on any atom is -0.490 e. The molecule has 5 rings (SSSR count). The number of aliphatic hydroxyl groups excluding tert-OH is 2. The normalized spacial score (nSPS) is 21.1. The molecule has 35 heavy (non-hydrogen) atoms. The van der Waals surface area contributed by atoms with Crippen LogP contribution in [0.4, 0.5) is 0 Å². The number of likely N-dealkylation sites (tertiary alicyclic amines) is 1. The molecular formula is C26H26N4O5. The van der Waals surface area contributed by atoms with Gasteiger partial charge in [0.25, 0.3) is 5.89 Å². The average Bonchev–Trinajstić information content (AvgIpc) is 3.53. The van der Waals surface area contributed by atoms with Crippen LogP contribution in [0, 0.1) is 11.3 Å². The van der Waals surface area contributed by atoms with Crippen molar-refractivity contribution in [2.45, 2.75) is 50.9 Å². The predicted octanol–water partition coefficient (Wildman–Crippen LogP) is 2.79. The first-order valence-electron chi connectivity index (χ1n) is 11.6. The number of carbonyl (C=O) groups excluding carboxylic acids is 1. The van der Waals surface area contributed by atoms with Crippen molar-refractivity contribution in [1.82, 2.24) is 15.0 Å². The maximum Gasteiger partial charge on any atom is 0.258 e. The van der Waals surface area contributed by atoms with E-state index >= 15 is 0 Å². The fraction of sp³-hybridized carbons (Fsp3) is 0.385. The number of β-amino-alcohol motifs (C(OH)–C–C–N with tert-alkyl or cyclic N) is 1. The Bertz CT molecular complexity index is 1330. The van der Waals surface area contributed by atoms with Crippen molar-refractivity contribution in [3.63, 3.8) is 0 Å². The van der Waals surface area contributed by atoms with E-state index in [4.69, 9.17) is 9.26 Å². The van der Waals surface area contributed by atoms with Crippen LogP contribution in [-0.4, -0.2) is 56.6 Å². The van der Waals surface area contributed by atoms with Gasteiger partial charge in [-0.15, -0.1) is 0 Å². The van der Waals surface area contributed by atoms with Crippen LogP contribution in [0.2, 0.25) is 0 Å². The second-order valence-electron chi connectivity index (χ2n) is 9.26. The Kier molecular flexibility index (Phi) is 5.79. The number of fused-ring (bicyclic) bond motifs is 2. The van der Waals surface area contributed by atoms with Crippen LogP contribution in [0.15, 0.2) is 40.9 Å². The summed E-state index contributed by atoms with van der Waals surface area (Å²) in [5.74, 6) is 1.02. The summed E-state index contributed by atoms with van der Waals surface area (Å²) in [6.07, 6.45) is 0.421. The van der Waals surface area contributed by atoms with Gasteiger partial charge in [0.05, 0.1) is 18.3 Å². The second-order valence-corrected chi connectivity index (χ2v) is 9.26. The summed E-state index contributed by atoms with van der Waals surface area (Å²) < 4.78 is 11.2. The first-order valence-corrected chi connectivity index (χ1v) is 11.6. The minimum atomic E-state index is -0.990. The van der Waals surface area contributed by atoms with Crippen molar-refractivity contribution in [3.8, 4) is 34.7 Å². The highest BCUT2D eigenvalue weighted by molar-refractivity contribution is 5.83. The highest BCUT2D eigenvalue weighted by Gasteiger charge is 2.55. The van der Waals surface area contributed by atoms with Crippen molar-refractivity contribution in [2.75, 3.05) is 13.2 Å². The van der Waals surface area contributed by atoms with Gasteiger partial charge in [-0.05, 0) is 56.0 Å². The predicted molar refractivity (Wildman–Crippen MR) is 125 cm³/mol. The van der Waals surface area contributed by atoms with Crippen LogP contribution >= 0.6 is 0 Å². The third-order valence-corrected chi connectivity index (χ3v) is 6.83. The summed E-state index contributed by atoms with van der Waals surface area (Å²) in [7, 11) is 0. The third kappa shape index (κ3) is 3.75. The Labute approximate surface area is 202 Å². The summed E-state index contributed by atoms with van der Waals surface area (Å²) in [5, 5.41) is 34.1. The summed E-state index contributed by atoms with van der Waals surface area (Å²) in [6, 6.07) is 13.0. The van der Waals surface area contributed by atoms with Gasteiger partial charge < -0.3 is 24.4 Å². The zero-order valence-electron chi connectivity index (χ0n) is 19.6. The summed E-state index contributed by atoms with van der Waals surface area (Å²) >= 11 is 0. The number of amides is 1. The molecule has 1 unspecified atom stereocenters. The van der Waals surface area contributed by atoms with Gasteiger partial charge in [-0.3, -0.25) is 4.79 Å². The molecule has 3 aromatic rings. The quantitative estimate of drug-likeness (QED) is 0.557. The number of aromatic nitrogens is 2. The Morgan fingerprint density at radius 1 is 1.34 bits per heavy atom. The highest BCUT2D eigenvalue weighted by Crippen LogP contribution is 2.51. The average molecular weight is 475 g/mol. The lowest BCUT2D eigenvalue weighted by molar-refractivity contribution is -0.134. The Balaban J connectivity index is 1.48. The molecule has 0 bridgehead atoms. The lowest BCUT2D eigenvalue weighted by Crippen LogP contribution is -2.43. The Morgan fingerprint density at radius 2 is 2.17 bits per heavy atom. The van der Waals surface area contributed by atoms with Gasteiger partial charge in [0.1, 0.15) is 18.0 Å². The van der Waals surface area contributed by atoms with Crippen LogP contribution in [-0.2, 0) is 16.6 Å². The van der Waals surface area contributed by atoms with Gasteiger partial charge in [0, 0.05) is 29.5 Å². The topological polar surface area (TPSA) is 133 Å². The number of aliphatic hydroxyl groups is 2. The van der Waals surface area contributed by atoms with Crippen molar-refractivity contribution in [2.24, 2.45) is 0 Å². The van der Waals surface area contributed by atoms with Gasteiger partial charge in [-0.25, -0.2) is 0 Å². The van der Waals surface area contributed by atoms with Crippen LogP contribution in [0.1, 0.15) is 43.4 Å². The molecule has 2 N–H and O–H groups in total. The fourth-order valence-corrected chi connectivity index (χ4v) is 5.28. The van der Waals surface area contributed by atoms with Gasteiger partial charge in [0.15, 0.2) is 0 Å². The van der Waals surface area contributed by atoms with Crippen molar-refractivity contribution >= 4 is 5.91 Å². The van der Waals surface area contributed by atoms with Crippen LogP contribution in [0.3, 0.4) is 0 Å². The first kappa shape index (κ1) is 23.0. The molecule has 9 heteroatoms. The minimum absolute atomic E-state index is 0.0594. The SMILES string of the molecule is CC(C)Oc1ccc(-c2nc(-c3cccc4c3CC[C@@]43CC(=O)N(CCO)C3O)no2)cc1C#N. The van der Waals surface area contributed by atoms with Crippen molar-refractivity contribution < 1.29 is 24.3 Å². The Hall–Kier alpha value is -3.74. The molecular weight excluding hydrogens is 448 g/mol. The van der Waals surface area contributed by atoms with E-state index < -0.39 is 11.6 Å². The first-order chi connectivity index (χ1) is 16.9. The number of hydrogen-bond acceptors (Lipinski definition) is 8. The molecule has 1 aliphatic carbocycles. The van der Waals surface area contributed by atoms with E-state index in [0.717, 1.165) is 16.7 Å².